The lowest BCUT2D eigenvalue weighted by molar-refractivity contribution is -0.0352. The molecule has 2 heterocycles. The lowest BCUT2D eigenvalue weighted by Gasteiger charge is -2.48. The highest BCUT2D eigenvalue weighted by molar-refractivity contribution is 14.0. The molecule has 4 rings (SSSR count). The van der Waals surface area contributed by atoms with Gasteiger partial charge in [0, 0.05) is 51.9 Å². The molecule has 0 spiro atoms. The van der Waals surface area contributed by atoms with Crippen LogP contribution in [-0.4, -0.2) is 82.6 Å². The summed E-state index contributed by atoms with van der Waals surface area (Å²) in [5, 5.41) is 6.93. The van der Waals surface area contributed by atoms with Crippen LogP contribution < -0.4 is 15.5 Å². The van der Waals surface area contributed by atoms with Crippen molar-refractivity contribution in [2.24, 2.45) is 4.99 Å². The number of benzene rings is 1. The van der Waals surface area contributed by atoms with Crippen molar-refractivity contribution in [3.63, 3.8) is 0 Å². The Kier molecular flexibility index (Phi) is 10.5. The van der Waals surface area contributed by atoms with Crippen LogP contribution in [0.2, 0.25) is 0 Å². The van der Waals surface area contributed by atoms with Crippen LogP contribution in [0.25, 0.3) is 0 Å². The molecule has 186 valence electrons. The molecule has 1 aromatic rings. The molecule has 1 aliphatic carbocycles. The molecule has 0 amide bonds. The monoisotopic (exact) mass is 575 g/mol. The maximum atomic E-state index is 14.7. The van der Waals surface area contributed by atoms with Gasteiger partial charge in [-0.2, -0.15) is 0 Å². The highest BCUT2D eigenvalue weighted by Crippen LogP contribution is 2.33. The molecule has 0 atom stereocenters. The van der Waals surface area contributed by atoms with Crippen LogP contribution in [0.15, 0.2) is 23.2 Å². The summed E-state index contributed by atoms with van der Waals surface area (Å²) in [5.41, 5.74) is 1.73. The number of aliphatic imine (C=N–C) groups is 1. The number of ether oxygens (including phenoxy) is 2. The van der Waals surface area contributed by atoms with Crippen LogP contribution in [0.5, 0.6) is 0 Å². The number of morpholine rings is 2. The second kappa shape index (κ2) is 13.1. The summed E-state index contributed by atoms with van der Waals surface area (Å²) in [6, 6.07) is 5.50. The van der Waals surface area contributed by atoms with Gasteiger partial charge in [-0.25, -0.2) is 4.39 Å². The van der Waals surface area contributed by atoms with Crippen molar-refractivity contribution in [1.82, 2.24) is 15.5 Å². The van der Waals surface area contributed by atoms with E-state index in [0.29, 0.717) is 25.4 Å². The van der Waals surface area contributed by atoms with E-state index in [1.165, 1.54) is 32.1 Å². The molecule has 9 heteroatoms. The van der Waals surface area contributed by atoms with Crippen LogP contribution in [0.1, 0.15) is 37.7 Å². The first-order valence-electron chi connectivity index (χ1n) is 12.1. The Hall–Kier alpha value is -1.17. The fourth-order valence-corrected chi connectivity index (χ4v) is 5.23. The van der Waals surface area contributed by atoms with E-state index in [1.807, 2.05) is 17.0 Å². The lowest BCUT2D eigenvalue weighted by atomic mass is 9.80. The molecule has 3 fully saturated rings. The number of anilines is 1. The number of guanidine groups is 1. The van der Waals surface area contributed by atoms with E-state index in [1.54, 1.807) is 13.1 Å². The Morgan fingerprint density at radius 2 is 1.67 bits per heavy atom. The third-order valence-corrected chi connectivity index (χ3v) is 7.10. The van der Waals surface area contributed by atoms with Crippen LogP contribution in [0.4, 0.5) is 10.1 Å². The van der Waals surface area contributed by atoms with Crippen molar-refractivity contribution in [2.45, 2.75) is 44.2 Å². The second-order valence-corrected chi connectivity index (χ2v) is 9.05. The Morgan fingerprint density at radius 1 is 1.00 bits per heavy atom. The molecule has 7 nitrogen and oxygen atoms in total. The highest BCUT2D eigenvalue weighted by Gasteiger charge is 2.38. The van der Waals surface area contributed by atoms with Gasteiger partial charge in [-0.05, 0) is 30.5 Å². The molecule has 3 aliphatic rings. The number of nitrogens with one attached hydrogen (secondary N) is 2. The minimum atomic E-state index is -0.178. The van der Waals surface area contributed by atoms with E-state index in [-0.39, 0.29) is 35.3 Å². The third kappa shape index (κ3) is 6.93. The maximum Gasteiger partial charge on any atom is 0.191 e. The first-order chi connectivity index (χ1) is 15.7. The highest BCUT2D eigenvalue weighted by atomic mass is 127. The molecule has 0 radical (unpaired) electrons. The molecule has 2 N–H and O–H groups in total. The molecule has 0 bridgehead atoms. The van der Waals surface area contributed by atoms with Crippen molar-refractivity contribution >= 4 is 35.6 Å². The van der Waals surface area contributed by atoms with Gasteiger partial charge in [0.2, 0.25) is 0 Å². The van der Waals surface area contributed by atoms with E-state index >= 15 is 0 Å². The number of nitrogens with zero attached hydrogens (tertiary/aromatic N) is 3. The Labute approximate surface area is 214 Å². The summed E-state index contributed by atoms with van der Waals surface area (Å²) < 4.78 is 25.7. The molecule has 1 aromatic carbocycles. The fourth-order valence-electron chi connectivity index (χ4n) is 5.23. The van der Waals surface area contributed by atoms with Crippen molar-refractivity contribution in [3.05, 3.63) is 29.6 Å². The summed E-state index contributed by atoms with van der Waals surface area (Å²) in [5.74, 6) is 0.587. The zero-order valence-electron chi connectivity index (χ0n) is 19.8. The van der Waals surface area contributed by atoms with Crippen molar-refractivity contribution < 1.29 is 13.9 Å². The smallest absolute Gasteiger partial charge is 0.191 e. The van der Waals surface area contributed by atoms with Gasteiger partial charge in [-0.15, -0.1) is 24.0 Å². The summed E-state index contributed by atoms with van der Waals surface area (Å²) in [6.45, 7) is 7.81. The van der Waals surface area contributed by atoms with Gasteiger partial charge in [-0.1, -0.05) is 25.3 Å². The molecule has 2 aliphatic heterocycles. The third-order valence-electron chi connectivity index (χ3n) is 7.10. The van der Waals surface area contributed by atoms with Gasteiger partial charge >= 0.3 is 0 Å². The Morgan fingerprint density at radius 3 is 2.30 bits per heavy atom. The van der Waals surface area contributed by atoms with Crippen molar-refractivity contribution in [2.75, 3.05) is 71.1 Å². The van der Waals surface area contributed by atoms with Crippen molar-refractivity contribution in [3.8, 4) is 0 Å². The zero-order chi connectivity index (χ0) is 22.2. The standard InChI is InChI=1S/C24H38FN5O2.HI/c1-26-23(28-19-24(7-3-2-4-8-24)30-11-15-32-16-12-30)27-18-20-5-6-22(21(25)17-20)29-9-13-31-14-10-29;/h5-6,17H,2-4,7-16,18-19H2,1H3,(H2,26,27,28);1H. The van der Waals surface area contributed by atoms with Crippen LogP contribution in [-0.2, 0) is 16.0 Å². The first-order valence-corrected chi connectivity index (χ1v) is 12.1. The van der Waals surface area contributed by atoms with Gasteiger partial charge in [-0.3, -0.25) is 9.89 Å². The molecular weight excluding hydrogens is 536 g/mol. The van der Waals surface area contributed by atoms with E-state index < -0.39 is 0 Å². The summed E-state index contributed by atoms with van der Waals surface area (Å²) in [7, 11) is 1.79. The SMILES string of the molecule is CN=C(NCc1ccc(N2CCOCC2)c(F)c1)NCC1(N2CCOCC2)CCCCC1.I. The van der Waals surface area contributed by atoms with Gasteiger partial charge in [0.05, 0.1) is 32.1 Å². The van der Waals surface area contributed by atoms with Gasteiger partial charge in [0.15, 0.2) is 5.96 Å². The predicted octanol–water partition coefficient (Wildman–Crippen LogP) is 2.98. The Balaban J connectivity index is 0.00000306. The average molecular weight is 576 g/mol. The Bertz CT molecular complexity index is 763. The maximum absolute atomic E-state index is 14.7. The average Bonchev–Trinajstić information content (AvgIpc) is 2.86. The molecule has 33 heavy (non-hydrogen) atoms. The number of hydrogen-bond acceptors (Lipinski definition) is 5. The van der Waals surface area contributed by atoms with E-state index in [4.69, 9.17) is 9.47 Å². The molecule has 0 aromatic heterocycles. The predicted molar refractivity (Wildman–Crippen MR) is 141 cm³/mol. The molecule has 0 unspecified atom stereocenters. The second-order valence-electron chi connectivity index (χ2n) is 9.05. The molecule has 1 saturated carbocycles. The fraction of sp³-hybridized carbons (Fsp3) is 0.708. The molecular formula is C24H39FIN5O2. The largest absolute Gasteiger partial charge is 0.379 e. The van der Waals surface area contributed by atoms with Crippen LogP contribution in [0.3, 0.4) is 0 Å². The minimum absolute atomic E-state index is 0. The number of halogens is 2. The number of hydrogen-bond donors (Lipinski definition) is 2. The summed E-state index contributed by atoms with van der Waals surface area (Å²) in [4.78, 5) is 9.08. The normalized spacial score (nSPS) is 21.9. The van der Waals surface area contributed by atoms with Crippen LogP contribution in [0, 0.1) is 5.82 Å². The lowest BCUT2D eigenvalue weighted by Crippen LogP contribution is -2.60. The van der Waals surface area contributed by atoms with Gasteiger partial charge < -0.3 is 25.0 Å². The van der Waals surface area contributed by atoms with Crippen molar-refractivity contribution in [1.29, 1.82) is 0 Å². The van der Waals surface area contributed by atoms with Crippen LogP contribution >= 0.6 is 24.0 Å². The van der Waals surface area contributed by atoms with E-state index in [2.05, 4.69) is 20.5 Å². The summed E-state index contributed by atoms with van der Waals surface area (Å²) in [6.07, 6.45) is 6.31. The minimum Gasteiger partial charge on any atom is -0.379 e. The van der Waals surface area contributed by atoms with E-state index in [9.17, 15) is 4.39 Å². The zero-order valence-corrected chi connectivity index (χ0v) is 22.1. The number of rotatable bonds is 6. The van der Waals surface area contributed by atoms with Gasteiger partial charge in [0.25, 0.3) is 0 Å². The molecule has 2 saturated heterocycles. The first kappa shape index (κ1) is 26.4. The van der Waals surface area contributed by atoms with Gasteiger partial charge in [0.1, 0.15) is 5.82 Å². The summed E-state index contributed by atoms with van der Waals surface area (Å²) >= 11 is 0. The topological polar surface area (TPSA) is 61.4 Å². The quantitative estimate of drug-likeness (QED) is 0.309. The van der Waals surface area contributed by atoms with E-state index in [0.717, 1.165) is 57.5 Å².